The molecule has 1 aromatic carbocycles. The Morgan fingerprint density at radius 2 is 2.03 bits per heavy atom. The molecule has 1 atom stereocenters. The Balaban J connectivity index is 1.67. The van der Waals surface area contributed by atoms with E-state index >= 15 is 0 Å². The first-order valence-corrected chi connectivity index (χ1v) is 10.6. The van der Waals surface area contributed by atoms with Crippen LogP contribution in [0.25, 0.3) is 0 Å². The van der Waals surface area contributed by atoms with Crippen LogP contribution in [0, 0.1) is 29.6 Å². The highest BCUT2D eigenvalue weighted by Crippen LogP contribution is 2.43. The molecule has 0 unspecified atom stereocenters. The molecule has 1 aromatic heterocycles. The van der Waals surface area contributed by atoms with Gasteiger partial charge in [-0.3, -0.25) is 4.79 Å². The third-order valence-electron chi connectivity index (χ3n) is 5.55. The number of nitrogens with zero attached hydrogens (tertiary/aromatic N) is 1. The monoisotopic (exact) mass is 410 g/mol. The maximum Gasteiger partial charge on any atom is 0.338 e. The second kappa shape index (κ2) is 8.38. The molecular weight excluding hydrogens is 384 g/mol. The molecule has 29 heavy (non-hydrogen) atoms. The first kappa shape index (κ1) is 21.1. The quantitative estimate of drug-likeness (QED) is 0.729. The minimum atomic E-state index is -0.530. The SMILES string of the molecule is Cc1ccccc1C(=O)OCC(=O)Nc1sc2c(c1C#N)CC[C@H](C(C)(C)C)C2. The molecule has 0 saturated carbocycles. The van der Waals surface area contributed by atoms with Crippen LogP contribution in [-0.2, 0) is 22.4 Å². The van der Waals surface area contributed by atoms with Crippen LogP contribution in [0.5, 0.6) is 0 Å². The second-order valence-electron chi connectivity index (χ2n) is 8.56. The zero-order valence-electron chi connectivity index (χ0n) is 17.3. The summed E-state index contributed by atoms with van der Waals surface area (Å²) in [6, 6.07) is 9.33. The van der Waals surface area contributed by atoms with Gasteiger partial charge < -0.3 is 10.1 Å². The zero-order chi connectivity index (χ0) is 21.2. The van der Waals surface area contributed by atoms with Crippen LogP contribution in [-0.4, -0.2) is 18.5 Å². The lowest BCUT2D eigenvalue weighted by atomic mass is 9.72. The highest BCUT2D eigenvalue weighted by Gasteiger charge is 2.32. The number of benzene rings is 1. The molecule has 0 bridgehead atoms. The number of carbonyl (C=O) groups excluding carboxylic acids is 2. The Bertz CT molecular complexity index is 979. The van der Waals surface area contributed by atoms with Crippen molar-refractivity contribution in [2.24, 2.45) is 11.3 Å². The fraction of sp³-hybridized carbons (Fsp3) is 0.435. The third-order valence-corrected chi connectivity index (χ3v) is 6.72. The van der Waals surface area contributed by atoms with Crippen molar-refractivity contribution in [1.29, 1.82) is 5.26 Å². The minimum absolute atomic E-state index is 0.210. The van der Waals surface area contributed by atoms with Gasteiger partial charge in [-0.15, -0.1) is 11.3 Å². The molecule has 1 amide bonds. The van der Waals surface area contributed by atoms with Gasteiger partial charge in [-0.1, -0.05) is 39.0 Å². The average Bonchev–Trinajstić information content (AvgIpc) is 3.01. The first-order valence-electron chi connectivity index (χ1n) is 9.78. The third kappa shape index (κ3) is 4.68. The molecule has 6 heteroatoms. The number of ether oxygens (including phenoxy) is 1. The number of aryl methyl sites for hydroxylation is 1. The molecule has 0 radical (unpaired) electrons. The largest absolute Gasteiger partial charge is 0.452 e. The van der Waals surface area contributed by atoms with Crippen molar-refractivity contribution >= 4 is 28.2 Å². The van der Waals surface area contributed by atoms with E-state index in [4.69, 9.17) is 4.74 Å². The lowest BCUT2D eigenvalue weighted by Crippen LogP contribution is -2.26. The summed E-state index contributed by atoms with van der Waals surface area (Å²) in [5.41, 5.74) is 3.06. The molecule has 0 saturated heterocycles. The summed E-state index contributed by atoms with van der Waals surface area (Å²) < 4.78 is 5.15. The van der Waals surface area contributed by atoms with Crippen LogP contribution in [0.3, 0.4) is 0 Å². The van der Waals surface area contributed by atoms with Gasteiger partial charge in [-0.25, -0.2) is 4.79 Å². The Hall–Kier alpha value is -2.65. The fourth-order valence-corrected chi connectivity index (χ4v) is 5.00. The first-order chi connectivity index (χ1) is 13.7. The number of hydrogen-bond acceptors (Lipinski definition) is 5. The summed E-state index contributed by atoms with van der Waals surface area (Å²) in [7, 11) is 0. The van der Waals surface area contributed by atoms with E-state index in [0.717, 1.165) is 30.4 Å². The highest BCUT2D eigenvalue weighted by molar-refractivity contribution is 7.16. The predicted octanol–water partition coefficient (Wildman–Crippen LogP) is 4.87. The maximum atomic E-state index is 12.3. The number of hydrogen-bond donors (Lipinski definition) is 1. The van der Waals surface area contributed by atoms with Gasteiger partial charge in [-0.05, 0) is 54.7 Å². The fourth-order valence-electron chi connectivity index (χ4n) is 3.70. The van der Waals surface area contributed by atoms with Gasteiger partial charge in [0.2, 0.25) is 0 Å². The van der Waals surface area contributed by atoms with E-state index in [1.54, 1.807) is 12.1 Å². The van der Waals surface area contributed by atoms with E-state index < -0.39 is 11.9 Å². The van der Waals surface area contributed by atoms with Crippen LogP contribution in [0.1, 0.15) is 59.1 Å². The molecule has 0 fully saturated rings. The van der Waals surface area contributed by atoms with Gasteiger partial charge in [-0.2, -0.15) is 5.26 Å². The van der Waals surface area contributed by atoms with E-state index in [-0.39, 0.29) is 12.0 Å². The van der Waals surface area contributed by atoms with E-state index in [9.17, 15) is 14.9 Å². The summed E-state index contributed by atoms with van der Waals surface area (Å²) in [4.78, 5) is 25.7. The van der Waals surface area contributed by atoms with Crippen molar-refractivity contribution < 1.29 is 14.3 Å². The van der Waals surface area contributed by atoms with Crippen molar-refractivity contribution in [3.05, 3.63) is 51.4 Å². The number of carbonyl (C=O) groups is 2. The van der Waals surface area contributed by atoms with Gasteiger partial charge in [0.1, 0.15) is 11.1 Å². The van der Waals surface area contributed by atoms with Crippen LogP contribution >= 0.6 is 11.3 Å². The summed E-state index contributed by atoms with van der Waals surface area (Å²) in [5.74, 6) is -0.412. The summed E-state index contributed by atoms with van der Waals surface area (Å²) >= 11 is 1.47. The van der Waals surface area contributed by atoms with Crippen molar-refractivity contribution in [1.82, 2.24) is 0 Å². The number of rotatable bonds is 4. The molecule has 0 spiro atoms. The van der Waals surface area contributed by atoms with Crippen LogP contribution < -0.4 is 5.32 Å². The minimum Gasteiger partial charge on any atom is -0.452 e. The lowest BCUT2D eigenvalue weighted by Gasteiger charge is -2.33. The van der Waals surface area contributed by atoms with E-state index in [2.05, 4.69) is 32.2 Å². The predicted molar refractivity (Wildman–Crippen MR) is 114 cm³/mol. The van der Waals surface area contributed by atoms with Crippen LogP contribution in [0.2, 0.25) is 0 Å². The van der Waals surface area contributed by atoms with Gasteiger partial charge in [0, 0.05) is 4.88 Å². The Kier molecular flexibility index (Phi) is 6.09. The molecule has 5 nitrogen and oxygen atoms in total. The molecule has 0 aliphatic heterocycles. The zero-order valence-corrected chi connectivity index (χ0v) is 18.1. The number of nitrogens with one attached hydrogen (secondary N) is 1. The number of anilines is 1. The summed E-state index contributed by atoms with van der Waals surface area (Å²) in [6.45, 7) is 8.16. The molecule has 1 aliphatic carbocycles. The number of esters is 1. The normalized spacial score (nSPS) is 15.9. The van der Waals surface area contributed by atoms with Crippen LogP contribution in [0.15, 0.2) is 24.3 Å². The smallest absolute Gasteiger partial charge is 0.338 e. The highest BCUT2D eigenvalue weighted by atomic mass is 32.1. The number of amides is 1. The van der Waals surface area contributed by atoms with Gasteiger partial charge >= 0.3 is 5.97 Å². The number of thiophene rings is 1. The molecule has 152 valence electrons. The summed E-state index contributed by atoms with van der Waals surface area (Å²) in [6.07, 6.45) is 2.83. The Morgan fingerprint density at radius 1 is 1.31 bits per heavy atom. The van der Waals surface area contributed by atoms with Crippen molar-refractivity contribution in [3.8, 4) is 6.07 Å². The van der Waals surface area contributed by atoms with Crippen molar-refractivity contribution in [2.45, 2.75) is 47.0 Å². The van der Waals surface area contributed by atoms with E-state index in [1.165, 1.54) is 16.2 Å². The second-order valence-corrected chi connectivity index (χ2v) is 9.67. The lowest BCUT2D eigenvalue weighted by molar-refractivity contribution is -0.119. The molecule has 3 rings (SSSR count). The Labute approximate surface area is 175 Å². The molecule has 1 aliphatic rings. The average molecular weight is 411 g/mol. The molecule has 1 N–H and O–H groups in total. The molecule has 2 aromatic rings. The van der Waals surface area contributed by atoms with Gasteiger partial charge in [0.15, 0.2) is 6.61 Å². The van der Waals surface area contributed by atoms with Crippen molar-refractivity contribution in [3.63, 3.8) is 0 Å². The molecular formula is C23H26N2O3S. The van der Waals surface area contributed by atoms with Gasteiger partial charge in [0.05, 0.1) is 11.1 Å². The Morgan fingerprint density at radius 3 is 2.69 bits per heavy atom. The van der Waals surface area contributed by atoms with Crippen LogP contribution in [0.4, 0.5) is 5.00 Å². The van der Waals surface area contributed by atoms with Gasteiger partial charge in [0.25, 0.3) is 5.91 Å². The maximum absolute atomic E-state index is 12.3. The standard InChI is InChI=1S/C23H26N2O3S/c1-14-7-5-6-8-16(14)22(27)28-13-20(26)25-21-18(12-24)17-10-9-15(23(2,3)4)11-19(17)29-21/h5-8,15H,9-11,13H2,1-4H3,(H,25,26)/t15-/m0/s1. The van der Waals surface area contributed by atoms with Crippen molar-refractivity contribution in [2.75, 3.05) is 11.9 Å². The summed E-state index contributed by atoms with van der Waals surface area (Å²) in [5, 5.41) is 13.0. The molecule has 1 heterocycles. The topological polar surface area (TPSA) is 79.2 Å². The van der Waals surface area contributed by atoms with E-state index in [1.807, 2.05) is 19.1 Å². The number of fused-ring (bicyclic) bond motifs is 1. The number of nitriles is 1. The van der Waals surface area contributed by atoms with E-state index in [0.29, 0.717) is 22.0 Å².